The zero-order valence-corrected chi connectivity index (χ0v) is 21.0. The first kappa shape index (κ1) is 22.9. The molecule has 0 atom stereocenters. The molecule has 0 bridgehead atoms. The molecule has 176 valence electrons. The summed E-state index contributed by atoms with van der Waals surface area (Å²) in [5.74, 6) is 1.68. The highest BCUT2D eigenvalue weighted by molar-refractivity contribution is 14.1. The third-order valence-electron chi connectivity index (χ3n) is 5.39. The number of furan rings is 1. The Morgan fingerprint density at radius 2 is 1.94 bits per heavy atom. The Hall–Kier alpha value is -3.86. The van der Waals surface area contributed by atoms with Crippen LogP contribution in [0.3, 0.4) is 0 Å². The van der Waals surface area contributed by atoms with Crippen molar-refractivity contribution in [2.75, 3.05) is 13.7 Å². The summed E-state index contributed by atoms with van der Waals surface area (Å²) >= 11 is 2.02. The lowest BCUT2D eigenvalue weighted by Crippen LogP contribution is -2.20. The fraction of sp³-hybridized carbons (Fsp3) is 0.115. The number of hydrogen-bond donors (Lipinski definition) is 1. The van der Waals surface area contributed by atoms with Gasteiger partial charge in [-0.15, -0.1) is 0 Å². The topological polar surface area (TPSA) is 99.1 Å². The molecule has 0 saturated carbocycles. The summed E-state index contributed by atoms with van der Waals surface area (Å²) in [4.78, 5) is 18.1. The Morgan fingerprint density at radius 1 is 1.11 bits per heavy atom. The van der Waals surface area contributed by atoms with Gasteiger partial charge in [-0.1, -0.05) is 18.2 Å². The van der Waals surface area contributed by atoms with Crippen LogP contribution in [0.1, 0.15) is 12.5 Å². The zero-order chi connectivity index (χ0) is 24.5. The van der Waals surface area contributed by atoms with E-state index in [-0.39, 0.29) is 17.1 Å². The van der Waals surface area contributed by atoms with Crippen LogP contribution in [-0.2, 0) is 0 Å². The van der Waals surface area contributed by atoms with Gasteiger partial charge in [0.05, 0.1) is 39.8 Å². The molecule has 5 rings (SSSR count). The minimum Gasteiger partial charge on any atom is -0.504 e. The van der Waals surface area contributed by atoms with Crippen molar-refractivity contribution in [2.45, 2.75) is 6.92 Å². The standard InChI is InChI=1S/C26H20IN3O5/c1-3-34-22-12-15(11-18(27)24(22)31)14-28-30-25(29-19-8-5-4-7-16(19)26(30)32)23-13-17-20(33-2)9-6-10-21(17)35-23/h4-14,31H,3H2,1-2H3. The maximum absolute atomic E-state index is 13.4. The Bertz CT molecular complexity index is 1660. The molecule has 0 unspecified atom stereocenters. The van der Waals surface area contributed by atoms with Gasteiger partial charge < -0.3 is 19.0 Å². The van der Waals surface area contributed by atoms with E-state index in [9.17, 15) is 9.90 Å². The maximum Gasteiger partial charge on any atom is 0.282 e. The van der Waals surface area contributed by atoms with Gasteiger partial charge in [-0.05, 0) is 77.5 Å². The van der Waals surface area contributed by atoms with Gasteiger partial charge in [-0.2, -0.15) is 9.78 Å². The summed E-state index contributed by atoms with van der Waals surface area (Å²) in [7, 11) is 1.59. The molecule has 0 aliphatic heterocycles. The van der Waals surface area contributed by atoms with Gasteiger partial charge in [0.1, 0.15) is 11.3 Å². The minimum atomic E-state index is -0.340. The number of benzene rings is 3. The third-order valence-corrected chi connectivity index (χ3v) is 6.21. The van der Waals surface area contributed by atoms with Gasteiger partial charge in [-0.25, -0.2) is 4.98 Å². The van der Waals surface area contributed by atoms with Gasteiger partial charge in [0, 0.05) is 0 Å². The Balaban J connectivity index is 1.71. The fourth-order valence-corrected chi connectivity index (χ4v) is 4.40. The summed E-state index contributed by atoms with van der Waals surface area (Å²) in [5, 5.41) is 15.9. The molecule has 0 aliphatic carbocycles. The van der Waals surface area contributed by atoms with Crippen molar-refractivity contribution in [3.8, 4) is 28.8 Å². The molecule has 9 heteroatoms. The first-order valence-corrected chi connectivity index (χ1v) is 11.9. The summed E-state index contributed by atoms with van der Waals surface area (Å²) in [5.41, 5.74) is 1.44. The van der Waals surface area contributed by atoms with Gasteiger partial charge in [0.25, 0.3) is 5.56 Å². The van der Waals surface area contributed by atoms with E-state index in [1.54, 1.807) is 43.5 Å². The van der Waals surface area contributed by atoms with E-state index in [1.807, 2.05) is 53.8 Å². The van der Waals surface area contributed by atoms with Gasteiger partial charge >= 0.3 is 0 Å². The smallest absolute Gasteiger partial charge is 0.282 e. The number of aromatic nitrogens is 2. The molecule has 0 amide bonds. The first-order chi connectivity index (χ1) is 17.0. The number of hydrogen-bond acceptors (Lipinski definition) is 7. The van der Waals surface area contributed by atoms with E-state index < -0.39 is 0 Å². The summed E-state index contributed by atoms with van der Waals surface area (Å²) < 4.78 is 18.8. The van der Waals surface area contributed by atoms with Crippen LogP contribution < -0.4 is 15.0 Å². The average Bonchev–Trinajstić information content (AvgIpc) is 3.31. The first-order valence-electron chi connectivity index (χ1n) is 10.8. The molecule has 35 heavy (non-hydrogen) atoms. The van der Waals surface area contributed by atoms with Crippen LogP contribution in [0.2, 0.25) is 0 Å². The molecule has 1 N–H and O–H groups in total. The van der Waals surface area contributed by atoms with Crippen molar-refractivity contribution in [1.82, 2.24) is 9.66 Å². The van der Waals surface area contributed by atoms with E-state index in [4.69, 9.17) is 18.9 Å². The second-order valence-electron chi connectivity index (χ2n) is 7.58. The third kappa shape index (κ3) is 4.23. The number of phenols is 1. The SMILES string of the molecule is CCOc1cc(C=Nn2c(-c3cc4c(OC)cccc4o3)nc3ccccc3c2=O)cc(I)c1O. The number of para-hydroxylation sites is 1. The summed E-state index contributed by atoms with van der Waals surface area (Å²) in [6.45, 7) is 2.24. The second kappa shape index (κ2) is 9.41. The molecule has 8 nitrogen and oxygen atoms in total. The van der Waals surface area contributed by atoms with Crippen LogP contribution in [0.5, 0.6) is 17.2 Å². The highest BCUT2D eigenvalue weighted by Crippen LogP contribution is 2.34. The summed E-state index contributed by atoms with van der Waals surface area (Å²) in [6.07, 6.45) is 1.52. The number of phenolic OH excluding ortho intramolecular Hbond substituents is 1. The van der Waals surface area contributed by atoms with E-state index in [0.29, 0.717) is 49.5 Å². The van der Waals surface area contributed by atoms with Crippen molar-refractivity contribution >= 4 is 50.7 Å². The van der Waals surface area contributed by atoms with Crippen molar-refractivity contribution in [3.63, 3.8) is 0 Å². The van der Waals surface area contributed by atoms with E-state index in [0.717, 1.165) is 5.39 Å². The van der Waals surface area contributed by atoms with Crippen molar-refractivity contribution in [2.24, 2.45) is 5.10 Å². The molecular weight excluding hydrogens is 561 g/mol. The van der Waals surface area contributed by atoms with Crippen LogP contribution in [0.4, 0.5) is 0 Å². The zero-order valence-electron chi connectivity index (χ0n) is 18.9. The summed E-state index contributed by atoms with van der Waals surface area (Å²) in [6, 6.07) is 17.8. The maximum atomic E-state index is 13.4. The molecule has 0 saturated heterocycles. The molecular formula is C26H20IN3O5. The van der Waals surface area contributed by atoms with Crippen LogP contribution in [0.15, 0.2) is 75.0 Å². The van der Waals surface area contributed by atoms with E-state index in [2.05, 4.69) is 5.10 Å². The highest BCUT2D eigenvalue weighted by Gasteiger charge is 2.18. The predicted molar refractivity (Wildman–Crippen MR) is 143 cm³/mol. The number of halogens is 1. The number of fused-ring (bicyclic) bond motifs is 2. The van der Waals surface area contributed by atoms with Crippen LogP contribution in [0.25, 0.3) is 33.5 Å². The number of nitrogens with zero attached hydrogens (tertiary/aromatic N) is 3. The normalized spacial score (nSPS) is 11.5. The van der Waals surface area contributed by atoms with Crippen molar-refractivity contribution < 1.29 is 19.0 Å². The van der Waals surface area contributed by atoms with Gasteiger partial charge in [-0.3, -0.25) is 4.79 Å². The number of aromatic hydroxyl groups is 1. The number of methoxy groups -OCH3 is 1. The largest absolute Gasteiger partial charge is 0.504 e. The van der Waals surface area contributed by atoms with Gasteiger partial charge in [0.2, 0.25) is 5.82 Å². The van der Waals surface area contributed by atoms with Crippen molar-refractivity contribution in [3.05, 3.63) is 80.2 Å². The van der Waals surface area contributed by atoms with Gasteiger partial charge in [0.15, 0.2) is 17.3 Å². The molecule has 0 radical (unpaired) electrons. The fourth-order valence-electron chi connectivity index (χ4n) is 3.77. The van der Waals surface area contributed by atoms with Crippen LogP contribution in [0, 0.1) is 3.57 Å². The molecule has 3 aromatic carbocycles. The van der Waals surface area contributed by atoms with Crippen LogP contribution in [-0.4, -0.2) is 34.7 Å². The lowest BCUT2D eigenvalue weighted by molar-refractivity contribution is 0.317. The van der Waals surface area contributed by atoms with E-state index in [1.165, 1.54) is 10.9 Å². The lowest BCUT2D eigenvalue weighted by Gasteiger charge is -2.09. The highest BCUT2D eigenvalue weighted by atomic mass is 127. The molecule has 0 fully saturated rings. The Labute approximate surface area is 213 Å². The molecule has 2 heterocycles. The second-order valence-corrected chi connectivity index (χ2v) is 8.74. The van der Waals surface area contributed by atoms with Crippen LogP contribution >= 0.6 is 22.6 Å². The predicted octanol–water partition coefficient (Wildman–Crippen LogP) is 5.41. The molecule has 5 aromatic rings. The lowest BCUT2D eigenvalue weighted by atomic mass is 10.2. The van der Waals surface area contributed by atoms with E-state index >= 15 is 0 Å². The Morgan fingerprint density at radius 3 is 2.74 bits per heavy atom. The minimum absolute atomic E-state index is 0.0612. The average molecular weight is 581 g/mol. The number of ether oxygens (including phenoxy) is 2. The Kier molecular flexibility index (Phi) is 6.16. The molecule has 0 spiro atoms. The number of rotatable bonds is 6. The monoisotopic (exact) mass is 581 g/mol. The van der Waals surface area contributed by atoms with Crippen molar-refractivity contribution in [1.29, 1.82) is 0 Å². The molecule has 2 aromatic heterocycles. The molecule has 0 aliphatic rings. The quantitative estimate of drug-likeness (QED) is 0.213.